The Hall–Kier alpha value is -2.05. The van der Waals surface area contributed by atoms with Crippen LogP contribution in [0.2, 0.25) is 0 Å². The molecule has 0 fully saturated rings. The molecule has 1 aromatic heterocycles. The molecule has 3 rings (SSSR count). The number of hydrogen-bond donors (Lipinski definition) is 1. The van der Waals surface area contributed by atoms with Gasteiger partial charge < -0.3 is 9.84 Å². The number of hydrogen-bond acceptors (Lipinski definition) is 5. The quantitative estimate of drug-likeness (QED) is 0.852. The Labute approximate surface area is 145 Å². The summed E-state index contributed by atoms with van der Waals surface area (Å²) < 4.78 is 18.9. The maximum Gasteiger partial charge on any atom is 0.213 e. The number of fused-ring (bicyclic) bond motifs is 1. The number of benzene rings is 1. The number of halogens is 1. The average Bonchev–Trinajstić information content (AvgIpc) is 2.77. The first-order valence-corrected chi connectivity index (χ1v) is 8.60. The van der Waals surface area contributed by atoms with E-state index < -0.39 is 5.82 Å². The lowest BCUT2D eigenvalue weighted by Crippen LogP contribution is -2.24. The van der Waals surface area contributed by atoms with E-state index in [1.165, 1.54) is 16.5 Å². The fourth-order valence-corrected chi connectivity index (χ4v) is 3.72. The highest BCUT2D eigenvalue weighted by atomic mass is 32.2. The van der Waals surface area contributed by atoms with Gasteiger partial charge in [0.2, 0.25) is 5.88 Å². The van der Waals surface area contributed by atoms with Crippen molar-refractivity contribution in [3.63, 3.8) is 0 Å². The molecule has 1 aliphatic rings. The third kappa shape index (κ3) is 3.71. The summed E-state index contributed by atoms with van der Waals surface area (Å²) in [6.45, 7) is 5.77. The van der Waals surface area contributed by atoms with Crippen LogP contribution in [-0.4, -0.2) is 34.4 Å². The zero-order chi connectivity index (χ0) is 17.1. The number of methoxy groups -OCH3 is 1. The zero-order valence-electron chi connectivity index (χ0n) is 13.5. The van der Waals surface area contributed by atoms with Gasteiger partial charge in [0.15, 0.2) is 0 Å². The van der Waals surface area contributed by atoms with Gasteiger partial charge in [-0.05, 0) is 23.3 Å². The Kier molecular flexibility index (Phi) is 5.06. The van der Waals surface area contributed by atoms with Crippen LogP contribution in [-0.2, 0) is 13.1 Å². The van der Waals surface area contributed by atoms with E-state index in [0.717, 1.165) is 24.4 Å². The van der Waals surface area contributed by atoms with Gasteiger partial charge in [0, 0.05) is 42.5 Å². The number of pyridine rings is 1. The number of aromatic nitrogens is 1. The number of thioether (sulfide) groups is 1. The molecular weight excluding hydrogens is 327 g/mol. The van der Waals surface area contributed by atoms with Crippen LogP contribution in [0.1, 0.15) is 16.7 Å². The normalized spacial score (nSPS) is 14.8. The predicted molar refractivity (Wildman–Crippen MR) is 93.7 cm³/mol. The Morgan fingerprint density at radius 1 is 1.46 bits per heavy atom. The van der Waals surface area contributed by atoms with Gasteiger partial charge in [0.1, 0.15) is 11.6 Å². The molecule has 24 heavy (non-hydrogen) atoms. The topological polar surface area (TPSA) is 45.6 Å². The van der Waals surface area contributed by atoms with Crippen LogP contribution in [0.4, 0.5) is 4.39 Å². The summed E-state index contributed by atoms with van der Waals surface area (Å²) in [6.07, 6.45) is 1.86. The number of ether oxygens (including phenoxy) is 1. The van der Waals surface area contributed by atoms with Gasteiger partial charge in [-0.3, -0.25) is 4.90 Å². The van der Waals surface area contributed by atoms with Crippen molar-refractivity contribution in [2.24, 2.45) is 0 Å². The summed E-state index contributed by atoms with van der Waals surface area (Å²) in [6, 6.07) is 6.74. The molecule has 0 atom stereocenters. The average molecular weight is 346 g/mol. The largest absolute Gasteiger partial charge is 0.508 e. The SMILES string of the molecule is C=C(O)c1cc(CN2CCSc3cnc(OC)cc3C2)ccc1F. The maximum atomic E-state index is 13.7. The molecule has 0 saturated heterocycles. The summed E-state index contributed by atoms with van der Waals surface area (Å²) in [5.74, 6) is 0.861. The monoisotopic (exact) mass is 346 g/mol. The number of rotatable bonds is 4. The van der Waals surface area contributed by atoms with Gasteiger partial charge >= 0.3 is 0 Å². The highest BCUT2D eigenvalue weighted by molar-refractivity contribution is 7.99. The molecule has 0 radical (unpaired) electrons. The van der Waals surface area contributed by atoms with Crippen molar-refractivity contribution in [1.29, 1.82) is 0 Å². The van der Waals surface area contributed by atoms with Gasteiger partial charge in [0.25, 0.3) is 0 Å². The molecule has 0 bridgehead atoms. The van der Waals surface area contributed by atoms with Crippen molar-refractivity contribution < 1.29 is 14.2 Å². The molecule has 6 heteroatoms. The van der Waals surface area contributed by atoms with Crippen LogP contribution in [0.5, 0.6) is 5.88 Å². The second kappa shape index (κ2) is 7.23. The molecule has 2 heterocycles. The minimum Gasteiger partial charge on any atom is -0.508 e. The Bertz CT molecular complexity index is 767. The second-order valence-corrected chi connectivity index (χ2v) is 6.79. The lowest BCUT2D eigenvalue weighted by Gasteiger charge is -2.20. The van der Waals surface area contributed by atoms with Crippen LogP contribution in [0.25, 0.3) is 5.76 Å². The van der Waals surface area contributed by atoms with Crippen LogP contribution < -0.4 is 4.74 Å². The zero-order valence-corrected chi connectivity index (χ0v) is 14.3. The fraction of sp³-hybridized carbons (Fsp3) is 0.278. The van der Waals surface area contributed by atoms with Crippen LogP contribution in [0.15, 0.2) is 41.9 Å². The molecule has 0 amide bonds. The molecule has 4 nitrogen and oxygen atoms in total. The van der Waals surface area contributed by atoms with E-state index in [1.807, 2.05) is 12.3 Å². The third-order valence-corrected chi connectivity index (χ3v) is 5.00. The van der Waals surface area contributed by atoms with Crippen molar-refractivity contribution >= 4 is 17.5 Å². The number of nitrogens with zero attached hydrogens (tertiary/aromatic N) is 2. The van der Waals surface area contributed by atoms with E-state index in [1.54, 1.807) is 31.0 Å². The minimum absolute atomic E-state index is 0.156. The van der Waals surface area contributed by atoms with Gasteiger partial charge in [-0.2, -0.15) is 0 Å². The highest BCUT2D eigenvalue weighted by Gasteiger charge is 2.17. The molecule has 0 unspecified atom stereocenters. The Morgan fingerprint density at radius 3 is 3.04 bits per heavy atom. The lowest BCUT2D eigenvalue weighted by molar-refractivity contribution is 0.273. The number of aliphatic hydroxyl groups excluding tert-OH is 1. The summed E-state index contributed by atoms with van der Waals surface area (Å²) in [4.78, 5) is 7.72. The Balaban J connectivity index is 1.80. The van der Waals surface area contributed by atoms with E-state index >= 15 is 0 Å². The summed E-state index contributed by atoms with van der Waals surface area (Å²) >= 11 is 1.78. The van der Waals surface area contributed by atoms with Crippen LogP contribution in [0, 0.1) is 5.82 Å². The Morgan fingerprint density at radius 2 is 2.29 bits per heavy atom. The van der Waals surface area contributed by atoms with E-state index in [0.29, 0.717) is 12.4 Å². The first-order chi connectivity index (χ1) is 11.6. The lowest BCUT2D eigenvalue weighted by atomic mass is 10.1. The molecule has 2 aromatic rings. The summed E-state index contributed by atoms with van der Waals surface area (Å²) in [7, 11) is 1.61. The van der Waals surface area contributed by atoms with Gasteiger partial charge in [0.05, 0.1) is 12.7 Å². The van der Waals surface area contributed by atoms with E-state index in [9.17, 15) is 9.50 Å². The van der Waals surface area contributed by atoms with Crippen molar-refractivity contribution in [2.75, 3.05) is 19.4 Å². The first-order valence-electron chi connectivity index (χ1n) is 7.61. The van der Waals surface area contributed by atoms with E-state index in [-0.39, 0.29) is 11.3 Å². The maximum absolute atomic E-state index is 13.7. The molecular formula is C18H19FN2O2S. The van der Waals surface area contributed by atoms with Gasteiger partial charge in [-0.15, -0.1) is 11.8 Å². The van der Waals surface area contributed by atoms with E-state index in [2.05, 4.69) is 16.5 Å². The first kappa shape index (κ1) is 16.8. The molecule has 126 valence electrons. The molecule has 0 saturated carbocycles. The molecule has 1 aliphatic heterocycles. The van der Waals surface area contributed by atoms with Crippen LogP contribution >= 0.6 is 11.8 Å². The summed E-state index contributed by atoms with van der Waals surface area (Å²) in [5.41, 5.74) is 2.28. The summed E-state index contributed by atoms with van der Waals surface area (Å²) in [5, 5.41) is 9.50. The predicted octanol–water partition coefficient (Wildman–Crippen LogP) is 3.87. The standard InChI is InChI=1S/C18H19FN2O2S/c1-12(22)15-7-13(3-4-16(15)19)10-21-5-6-24-17-9-20-18(23-2)8-14(17)11-21/h3-4,7-9,22H,1,5-6,10-11H2,2H3. The minimum atomic E-state index is -0.459. The van der Waals surface area contributed by atoms with Crippen molar-refractivity contribution in [3.05, 3.63) is 59.5 Å². The number of aliphatic hydroxyl groups is 1. The van der Waals surface area contributed by atoms with Crippen molar-refractivity contribution in [2.45, 2.75) is 18.0 Å². The van der Waals surface area contributed by atoms with Crippen molar-refractivity contribution in [1.82, 2.24) is 9.88 Å². The highest BCUT2D eigenvalue weighted by Crippen LogP contribution is 2.29. The fourth-order valence-electron chi connectivity index (χ4n) is 2.72. The second-order valence-electron chi connectivity index (χ2n) is 5.65. The smallest absolute Gasteiger partial charge is 0.213 e. The molecule has 1 aromatic carbocycles. The molecule has 1 N–H and O–H groups in total. The van der Waals surface area contributed by atoms with Crippen LogP contribution in [0.3, 0.4) is 0 Å². The van der Waals surface area contributed by atoms with Gasteiger partial charge in [-0.1, -0.05) is 12.6 Å². The third-order valence-electron chi connectivity index (χ3n) is 3.94. The van der Waals surface area contributed by atoms with E-state index in [4.69, 9.17) is 4.74 Å². The molecule has 0 spiro atoms. The van der Waals surface area contributed by atoms with Crippen molar-refractivity contribution in [3.8, 4) is 5.88 Å². The molecule has 0 aliphatic carbocycles. The van der Waals surface area contributed by atoms with Gasteiger partial charge in [-0.25, -0.2) is 9.37 Å².